The van der Waals surface area contributed by atoms with Gasteiger partial charge in [-0.05, 0) is 19.6 Å². The van der Waals surface area contributed by atoms with Crippen molar-refractivity contribution in [2.75, 3.05) is 5.88 Å². The van der Waals surface area contributed by atoms with Gasteiger partial charge in [0.05, 0.1) is 5.88 Å². The Hall–Kier alpha value is 1.05. The SMILES string of the molecule is C[Si](C)(C)OC(Cl)(Cl)CCl. The lowest BCUT2D eigenvalue weighted by molar-refractivity contribution is 0.258. The molecule has 0 rings (SSSR count). The standard InChI is InChI=1S/C5H11Cl3OSi/c1-10(2,3)9-5(7,8)4-6/h4H2,1-3H3. The summed E-state index contributed by atoms with van der Waals surface area (Å²) in [6, 6.07) is 0. The van der Waals surface area contributed by atoms with Crippen molar-refractivity contribution in [1.29, 1.82) is 0 Å². The monoisotopic (exact) mass is 220 g/mol. The zero-order valence-electron chi connectivity index (χ0n) is 6.25. The highest BCUT2D eigenvalue weighted by Gasteiger charge is 2.30. The van der Waals surface area contributed by atoms with Gasteiger partial charge in [0.15, 0.2) is 8.32 Å². The van der Waals surface area contributed by atoms with Gasteiger partial charge in [-0.1, -0.05) is 23.2 Å². The second-order valence-corrected chi connectivity index (χ2v) is 9.10. The molecule has 0 atom stereocenters. The predicted molar refractivity (Wildman–Crippen MR) is 49.6 cm³/mol. The molecule has 0 aromatic rings. The van der Waals surface area contributed by atoms with E-state index in [1.54, 1.807) is 0 Å². The van der Waals surface area contributed by atoms with E-state index < -0.39 is 12.8 Å². The van der Waals surface area contributed by atoms with Crippen LogP contribution in [0.15, 0.2) is 0 Å². The maximum atomic E-state index is 5.65. The summed E-state index contributed by atoms with van der Waals surface area (Å²) in [6.45, 7) is 6.00. The Labute approximate surface area is 77.7 Å². The van der Waals surface area contributed by atoms with Crippen LogP contribution < -0.4 is 0 Å². The number of hydrogen-bond acceptors (Lipinski definition) is 1. The molecule has 5 heteroatoms. The minimum atomic E-state index is -1.66. The molecule has 0 N–H and O–H groups in total. The van der Waals surface area contributed by atoms with Gasteiger partial charge < -0.3 is 4.43 Å². The van der Waals surface area contributed by atoms with E-state index in [2.05, 4.69) is 0 Å². The average Bonchev–Trinajstić information content (AvgIpc) is 1.60. The molecule has 0 amide bonds. The van der Waals surface area contributed by atoms with E-state index in [0.29, 0.717) is 0 Å². The summed E-state index contributed by atoms with van der Waals surface area (Å²) in [5, 5.41) is 0. The van der Waals surface area contributed by atoms with Crippen LogP contribution >= 0.6 is 34.8 Å². The van der Waals surface area contributed by atoms with E-state index in [1.807, 2.05) is 19.6 Å². The van der Waals surface area contributed by atoms with Crippen LogP contribution in [0.4, 0.5) is 0 Å². The normalized spacial score (nSPS) is 13.8. The molecule has 0 saturated carbocycles. The molecule has 10 heavy (non-hydrogen) atoms. The smallest absolute Gasteiger partial charge is 0.222 e. The lowest BCUT2D eigenvalue weighted by Gasteiger charge is -2.26. The minimum absolute atomic E-state index is 0.0976. The van der Waals surface area contributed by atoms with Crippen molar-refractivity contribution < 1.29 is 4.43 Å². The predicted octanol–water partition coefficient (Wildman–Crippen LogP) is 3.21. The summed E-state index contributed by atoms with van der Waals surface area (Å²) in [5.74, 6) is 0.0976. The highest BCUT2D eigenvalue weighted by atomic mass is 35.5. The molecule has 0 aliphatic heterocycles. The molecule has 0 aromatic heterocycles. The zero-order valence-corrected chi connectivity index (χ0v) is 9.52. The molecule has 0 aromatic carbocycles. The molecule has 0 spiro atoms. The average molecular weight is 222 g/mol. The quantitative estimate of drug-likeness (QED) is 0.525. The third-order valence-corrected chi connectivity index (χ3v) is 2.90. The number of halogens is 3. The van der Waals surface area contributed by atoms with Crippen LogP contribution in [-0.2, 0) is 4.43 Å². The van der Waals surface area contributed by atoms with Gasteiger partial charge in [0.25, 0.3) is 0 Å². The second-order valence-electron chi connectivity index (χ2n) is 2.99. The fourth-order valence-electron chi connectivity index (χ4n) is 0.475. The van der Waals surface area contributed by atoms with Crippen molar-refractivity contribution in [2.45, 2.75) is 24.2 Å². The summed E-state index contributed by atoms with van der Waals surface area (Å²) in [4.78, 5) is 0. The highest BCUT2D eigenvalue weighted by molar-refractivity contribution is 6.71. The van der Waals surface area contributed by atoms with E-state index in [0.717, 1.165) is 0 Å². The first-order chi connectivity index (χ1) is 4.27. The van der Waals surface area contributed by atoms with Crippen LogP contribution in [0.3, 0.4) is 0 Å². The van der Waals surface area contributed by atoms with Gasteiger partial charge in [0.2, 0.25) is 4.52 Å². The van der Waals surface area contributed by atoms with Crippen molar-refractivity contribution in [2.24, 2.45) is 0 Å². The number of alkyl halides is 3. The number of hydrogen-bond donors (Lipinski definition) is 0. The molecule has 0 bridgehead atoms. The van der Waals surface area contributed by atoms with E-state index in [-0.39, 0.29) is 5.88 Å². The van der Waals surface area contributed by atoms with E-state index >= 15 is 0 Å². The Balaban J connectivity index is 3.89. The Morgan fingerprint density at radius 1 is 1.30 bits per heavy atom. The molecule has 0 aliphatic rings. The first-order valence-corrected chi connectivity index (χ1v) is 7.61. The lowest BCUT2D eigenvalue weighted by Crippen LogP contribution is -2.36. The molecular weight excluding hydrogens is 210 g/mol. The fraction of sp³-hybridized carbons (Fsp3) is 1.00. The van der Waals surface area contributed by atoms with Gasteiger partial charge in [-0.3, -0.25) is 0 Å². The van der Waals surface area contributed by atoms with Crippen LogP contribution in [0, 0.1) is 0 Å². The van der Waals surface area contributed by atoms with Crippen molar-refractivity contribution in [3.05, 3.63) is 0 Å². The Morgan fingerprint density at radius 2 is 1.70 bits per heavy atom. The molecule has 1 nitrogen and oxygen atoms in total. The number of rotatable bonds is 3. The largest absolute Gasteiger partial charge is 0.387 e. The van der Waals surface area contributed by atoms with Gasteiger partial charge in [0, 0.05) is 0 Å². The van der Waals surface area contributed by atoms with E-state index in [1.165, 1.54) is 0 Å². The zero-order chi connectivity index (χ0) is 8.41. The van der Waals surface area contributed by atoms with Crippen LogP contribution in [0.5, 0.6) is 0 Å². The summed E-state index contributed by atoms with van der Waals surface area (Å²) in [7, 11) is -1.66. The Kier molecular flexibility index (Phi) is 4.01. The third kappa shape index (κ3) is 5.80. The molecule has 62 valence electrons. The molecular formula is C5H11Cl3OSi. The molecule has 0 fully saturated rings. The third-order valence-electron chi connectivity index (χ3n) is 0.611. The molecule has 0 heterocycles. The minimum Gasteiger partial charge on any atom is -0.387 e. The molecule has 0 saturated heterocycles. The second kappa shape index (κ2) is 3.63. The van der Waals surface area contributed by atoms with Crippen LogP contribution in [-0.4, -0.2) is 18.7 Å². The van der Waals surface area contributed by atoms with Crippen molar-refractivity contribution in [3.8, 4) is 0 Å². The first-order valence-electron chi connectivity index (χ1n) is 2.91. The van der Waals surface area contributed by atoms with Gasteiger partial charge in [-0.15, -0.1) is 11.6 Å². The van der Waals surface area contributed by atoms with Gasteiger partial charge in [-0.2, -0.15) is 0 Å². The Morgan fingerprint density at radius 3 is 1.80 bits per heavy atom. The van der Waals surface area contributed by atoms with Crippen LogP contribution in [0.25, 0.3) is 0 Å². The summed E-state index contributed by atoms with van der Waals surface area (Å²) < 4.78 is 4.11. The Bertz CT molecular complexity index is 110. The summed E-state index contributed by atoms with van der Waals surface area (Å²) in [5.41, 5.74) is 0. The van der Waals surface area contributed by atoms with Crippen molar-refractivity contribution >= 4 is 43.1 Å². The fourth-order valence-corrected chi connectivity index (χ4v) is 2.98. The lowest BCUT2D eigenvalue weighted by atomic mass is 10.8. The molecule has 0 radical (unpaired) electrons. The maximum Gasteiger partial charge on any atom is 0.222 e. The highest BCUT2D eigenvalue weighted by Crippen LogP contribution is 2.28. The molecule has 0 aliphatic carbocycles. The summed E-state index contributed by atoms with van der Waals surface area (Å²) in [6.07, 6.45) is 0. The maximum absolute atomic E-state index is 5.65. The van der Waals surface area contributed by atoms with Gasteiger partial charge in [0.1, 0.15) is 0 Å². The van der Waals surface area contributed by atoms with Crippen molar-refractivity contribution in [3.63, 3.8) is 0 Å². The van der Waals surface area contributed by atoms with Crippen LogP contribution in [0.1, 0.15) is 0 Å². The van der Waals surface area contributed by atoms with Gasteiger partial charge in [-0.25, -0.2) is 0 Å². The van der Waals surface area contributed by atoms with E-state index in [9.17, 15) is 0 Å². The van der Waals surface area contributed by atoms with Gasteiger partial charge >= 0.3 is 0 Å². The van der Waals surface area contributed by atoms with Crippen molar-refractivity contribution in [1.82, 2.24) is 0 Å². The summed E-state index contributed by atoms with van der Waals surface area (Å²) >= 11 is 16.7. The first kappa shape index (κ1) is 11.0. The van der Waals surface area contributed by atoms with Crippen LogP contribution in [0.2, 0.25) is 19.6 Å². The molecule has 0 unspecified atom stereocenters. The topological polar surface area (TPSA) is 9.23 Å². The van der Waals surface area contributed by atoms with E-state index in [4.69, 9.17) is 39.2 Å².